The third kappa shape index (κ3) is 2.66. The first-order chi connectivity index (χ1) is 10.2. The molecule has 0 spiro atoms. The van der Waals surface area contributed by atoms with Gasteiger partial charge in [-0.2, -0.15) is 0 Å². The summed E-state index contributed by atoms with van der Waals surface area (Å²) in [5.74, 6) is -0.324. The zero-order valence-electron chi connectivity index (χ0n) is 10.9. The summed E-state index contributed by atoms with van der Waals surface area (Å²) in [7, 11) is 0. The van der Waals surface area contributed by atoms with Gasteiger partial charge >= 0.3 is 0 Å². The van der Waals surface area contributed by atoms with E-state index in [-0.39, 0.29) is 12.4 Å². The molecule has 0 atom stereocenters. The summed E-state index contributed by atoms with van der Waals surface area (Å²) in [5, 5.41) is 18.1. The van der Waals surface area contributed by atoms with E-state index in [0.717, 1.165) is 11.3 Å². The second kappa shape index (κ2) is 5.63. The molecule has 0 amide bonds. The number of nitrogens with zero attached hydrogens (tertiary/aromatic N) is 3. The number of halogens is 2. The molecular weight excluding hydrogens is 293 g/mol. The lowest BCUT2D eigenvalue weighted by atomic mass is 10.1. The van der Waals surface area contributed by atoms with Crippen LogP contribution in [0.2, 0.25) is 5.02 Å². The molecule has 3 rings (SSSR count). The van der Waals surface area contributed by atoms with Gasteiger partial charge in [0.25, 0.3) is 0 Å². The molecule has 0 fully saturated rings. The summed E-state index contributed by atoms with van der Waals surface area (Å²) in [6.07, 6.45) is 0. The first-order valence-electron chi connectivity index (χ1n) is 6.26. The minimum absolute atomic E-state index is 0.250. The van der Waals surface area contributed by atoms with Crippen molar-refractivity contribution < 1.29 is 9.50 Å². The molecule has 0 aliphatic rings. The van der Waals surface area contributed by atoms with Gasteiger partial charge < -0.3 is 5.11 Å². The fourth-order valence-electron chi connectivity index (χ4n) is 2.08. The summed E-state index contributed by atoms with van der Waals surface area (Å²) in [4.78, 5) is 0. The van der Waals surface area contributed by atoms with Crippen LogP contribution in [0.4, 0.5) is 4.39 Å². The Morgan fingerprint density at radius 3 is 2.33 bits per heavy atom. The van der Waals surface area contributed by atoms with Crippen molar-refractivity contribution >= 4 is 11.6 Å². The number of benzene rings is 2. The van der Waals surface area contributed by atoms with E-state index in [1.54, 1.807) is 41.1 Å². The molecule has 1 aromatic heterocycles. The van der Waals surface area contributed by atoms with Crippen molar-refractivity contribution in [1.29, 1.82) is 0 Å². The smallest absolute Gasteiger partial charge is 0.123 e. The summed E-state index contributed by atoms with van der Waals surface area (Å²) in [6, 6.07) is 13.0. The third-order valence-electron chi connectivity index (χ3n) is 3.08. The summed E-state index contributed by atoms with van der Waals surface area (Å²) >= 11 is 5.88. The second-order valence-electron chi connectivity index (χ2n) is 4.44. The number of hydrogen-bond acceptors (Lipinski definition) is 3. The van der Waals surface area contributed by atoms with E-state index in [1.807, 2.05) is 0 Å². The molecule has 21 heavy (non-hydrogen) atoms. The fourth-order valence-corrected chi connectivity index (χ4v) is 2.21. The van der Waals surface area contributed by atoms with E-state index < -0.39 is 0 Å². The maximum atomic E-state index is 13.1. The van der Waals surface area contributed by atoms with Gasteiger partial charge in [0.2, 0.25) is 0 Å². The van der Waals surface area contributed by atoms with Crippen molar-refractivity contribution in [3.63, 3.8) is 0 Å². The summed E-state index contributed by atoms with van der Waals surface area (Å²) in [5.41, 5.74) is 2.53. The van der Waals surface area contributed by atoms with Gasteiger partial charge in [-0.15, -0.1) is 5.10 Å². The van der Waals surface area contributed by atoms with Gasteiger partial charge in [0.1, 0.15) is 17.2 Å². The first-order valence-corrected chi connectivity index (χ1v) is 6.64. The minimum atomic E-state index is -0.324. The average Bonchev–Trinajstić information content (AvgIpc) is 2.93. The Bertz CT molecular complexity index is 754. The lowest BCUT2D eigenvalue weighted by Crippen LogP contribution is -2.00. The van der Waals surface area contributed by atoms with Crippen LogP contribution >= 0.6 is 11.6 Å². The normalized spacial score (nSPS) is 10.8. The maximum Gasteiger partial charge on any atom is 0.123 e. The van der Waals surface area contributed by atoms with Crippen molar-refractivity contribution in [3.8, 4) is 16.9 Å². The Balaban J connectivity index is 2.16. The largest absolute Gasteiger partial charge is 0.390 e. The van der Waals surface area contributed by atoms with Crippen LogP contribution in [0.15, 0.2) is 48.5 Å². The van der Waals surface area contributed by atoms with Gasteiger partial charge in [0.05, 0.1) is 12.3 Å². The number of aliphatic hydroxyl groups excluding tert-OH is 1. The SMILES string of the molecule is OCc1nnn(-c2ccc(Cl)cc2)c1-c1ccc(F)cc1. The fraction of sp³-hybridized carbons (Fsp3) is 0.0667. The average molecular weight is 304 g/mol. The van der Waals surface area contributed by atoms with Crippen LogP contribution in [0.5, 0.6) is 0 Å². The van der Waals surface area contributed by atoms with Crippen molar-refractivity contribution in [2.75, 3.05) is 0 Å². The molecule has 4 nitrogen and oxygen atoms in total. The first kappa shape index (κ1) is 13.7. The van der Waals surface area contributed by atoms with Gasteiger partial charge in [-0.05, 0) is 48.5 Å². The number of hydrogen-bond donors (Lipinski definition) is 1. The molecular formula is C15H11ClFN3O. The Morgan fingerprint density at radius 2 is 1.71 bits per heavy atom. The summed E-state index contributed by atoms with van der Waals surface area (Å²) in [6.45, 7) is -0.250. The lowest BCUT2D eigenvalue weighted by molar-refractivity contribution is 0.277. The molecule has 0 aliphatic carbocycles. The Morgan fingerprint density at radius 1 is 1.05 bits per heavy atom. The predicted molar refractivity (Wildman–Crippen MR) is 77.7 cm³/mol. The molecule has 3 aromatic rings. The maximum absolute atomic E-state index is 13.1. The Hall–Kier alpha value is -2.24. The van der Waals surface area contributed by atoms with E-state index in [9.17, 15) is 9.50 Å². The van der Waals surface area contributed by atoms with Crippen molar-refractivity contribution in [2.45, 2.75) is 6.61 Å². The van der Waals surface area contributed by atoms with Gasteiger partial charge in [-0.1, -0.05) is 16.8 Å². The van der Waals surface area contributed by atoms with Crippen LogP contribution in [0.1, 0.15) is 5.69 Å². The van der Waals surface area contributed by atoms with E-state index in [1.165, 1.54) is 12.1 Å². The Labute approximate surface area is 125 Å². The van der Waals surface area contributed by atoms with Crippen molar-refractivity contribution in [3.05, 3.63) is 65.1 Å². The molecule has 1 N–H and O–H groups in total. The molecule has 2 aromatic carbocycles. The van der Waals surface area contributed by atoms with Crippen molar-refractivity contribution in [1.82, 2.24) is 15.0 Å². The minimum Gasteiger partial charge on any atom is -0.390 e. The molecule has 0 saturated carbocycles. The van der Waals surface area contributed by atoms with Gasteiger partial charge in [0, 0.05) is 10.6 Å². The highest BCUT2D eigenvalue weighted by atomic mass is 35.5. The van der Waals surface area contributed by atoms with Crippen molar-refractivity contribution in [2.24, 2.45) is 0 Å². The highest BCUT2D eigenvalue weighted by molar-refractivity contribution is 6.30. The van der Waals surface area contributed by atoms with E-state index in [4.69, 9.17) is 11.6 Å². The Kier molecular flexibility index (Phi) is 3.68. The van der Waals surface area contributed by atoms with Crippen LogP contribution < -0.4 is 0 Å². The molecule has 0 radical (unpaired) electrons. The highest BCUT2D eigenvalue weighted by Crippen LogP contribution is 2.26. The third-order valence-corrected chi connectivity index (χ3v) is 3.33. The van der Waals surface area contributed by atoms with E-state index in [0.29, 0.717) is 16.4 Å². The number of aromatic nitrogens is 3. The molecule has 0 bridgehead atoms. The van der Waals surface area contributed by atoms with Crippen LogP contribution in [-0.2, 0) is 6.61 Å². The molecule has 1 heterocycles. The molecule has 6 heteroatoms. The zero-order chi connectivity index (χ0) is 14.8. The van der Waals surface area contributed by atoms with E-state index in [2.05, 4.69) is 10.3 Å². The quantitative estimate of drug-likeness (QED) is 0.808. The van der Waals surface area contributed by atoms with Crippen LogP contribution in [-0.4, -0.2) is 20.1 Å². The number of aliphatic hydroxyl groups is 1. The van der Waals surface area contributed by atoms with Gasteiger partial charge in [0.15, 0.2) is 0 Å². The van der Waals surface area contributed by atoms with E-state index >= 15 is 0 Å². The summed E-state index contributed by atoms with van der Waals surface area (Å²) < 4.78 is 14.7. The molecule has 0 saturated heterocycles. The zero-order valence-corrected chi connectivity index (χ0v) is 11.6. The molecule has 106 valence electrons. The lowest BCUT2D eigenvalue weighted by Gasteiger charge is -2.08. The van der Waals surface area contributed by atoms with Crippen LogP contribution in [0.25, 0.3) is 16.9 Å². The highest BCUT2D eigenvalue weighted by Gasteiger charge is 2.15. The second-order valence-corrected chi connectivity index (χ2v) is 4.87. The molecule has 0 aliphatic heterocycles. The van der Waals surface area contributed by atoms with Gasteiger partial charge in [-0.25, -0.2) is 9.07 Å². The monoisotopic (exact) mass is 303 g/mol. The van der Waals surface area contributed by atoms with Crippen LogP contribution in [0.3, 0.4) is 0 Å². The van der Waals surface area contributed by atoms with Crippen LogP contribution in [0, 0.1) is 5.82 Å². The predicted octanol–water partition coefficient (Wildman–Crippen LogP) is 3.22. The topological polar surface area (TPSA) is 50.9 Å². The molecule has 0 unspecified atom stereocenters. The number of rotatable bonds is 3. The van der Waals surface area contributed by atoms with Gasteiger partial charge in [-0.3, -0.25) is 0 Å². The standard InChI is InChI=1S/C15H11ClFN3O/c16-11-3-7-13(8-4-11)20-15(14(9-21)18-19-20)10-1-5-12(17)6-2-10/h1-8,21H,9H2.